The lowest BCUT2D eigenvalue weighted by Crippen LogP contribution is -2.49. The highest BCUT2D eigenvalue weighted by atomic mass is 16.5. The first-order valence-electron chi connectivity index (χ1n) is 10.7. The van der Waals surface area contributed by atoms with E-state index in [2.05, 4.69) is 14.9 Å². The summed E-state index contributed by atoms with van der Waals surface area (Å²) in [4.78, 5) is 26.2. The van der Waals surface area contributed by atoms with Gasteiger partial charge in [0.1, 0.15) is 5.75 Å². The Morgan fingerprint density at radius 2 is 1.58 bits per heavy atom. The number of phenols is 1. The smallest absolute Gasteiger partial charge is 0.254 e. The lowest BCUT2D eigenvalue weighted by atomic mass is 9.95. The van der Waals surface area contributed by atoms with Gasteiger partial charge in [-0.3, -0.25) is 4.79 Å². The molecule has 1 aromatic heterocycles. The van der Waals surface area contributed by atoms with E-state index in [1.165, 1.54) is 0 Å². The second kappa shape index (κ2) is 8.46. The molecule has 0 saturated carbocycles. The van der Waals surface area contributed by atoms with Gasteiger partial charge in [-0.1, -0.05) is 0 Å². The molecule has 1 saturated heterocycles. The zero-order chi connectivity index (χ0) is 22.9. The molecule has 0 atom stereocenters. The van der Waals surface area contributed by atoms with Crippen LogP contribution in [0.5, 0.6) is 17.2 Å². The van der Waals surface area contributed by atoms with E-state index in [0.29, 0.717) is 49.2 Å². The van der Waals surface area contributed by atoms with Crippen molar-refractivity contribution < 1.29 is 19.4 Å². The number of aromatic nitrogens is 2. The highest BCUT2D eigenvalue weighted by Gasteiger charge is 2.25. The van der Waals surface area contributed by atoms with E-state index in [9.17, 15) is 9.90 Å². The summed E-state index contributed by atoms with van der Waals surface area (Å²) >= 11 is 0. The molecule has 2 heterocycles. The molecular formula is C25H24N4O4. The van der Waals surface area contributed by atoms with Gasteiger partial charge in [0.15, 0.2) is 11.5 Å². The summed E-state index contributed by atoms with van der Waals surface area (Å²) in [5.41, 5.74) is 0.592. The molecule has 5 rings (SSSR count). The number of methoxy groups -OCH3 is 2. The molecule has 0 aliphatic carbocycles. The van der Waals surface area contributed by atoms with Crippen LogP contribution < -0.4 is 14.4 Å². The number of benzene rings is 3. The third-order valence-corrected chi connectivity index (χ3v) is 6.07. The number of aromatic hydroxyl groups is 1. The Morgan fingerprint density at radius 3 is 2.27 bits per heavy atom. The van der Waals surface area contributed by atoms with Crippen molar-refractivity contribution in [3.05, 3.63) is 60.4 Å². The number of ether oxygens (including phenoxy) is 2. The van der Waals surface area contributed by atoms with E-state index in [4.69, 9.17) is 9.47 Å². The Bertz CT molecular complexity index is 1340. The van der Waals surface area contributed by atoms with Gasteiger partial charge in [-0.05, 0) is 64.0 Å². The molecule has 33 heavy (non-hydrogen) atoms. The van der Waals surface area contributed by atoms with E-state index in [1.54, 1.807) is 50.9 Å². The highest BCUT2D eigenvalue weighted by Crippen LogP contribution is 2.38. The van der Waals surface area contributed by atoms with Crippen molar-refractivity contribution in [1.29, 1.82) is 0 Å². The second-order valence-electron chi connectivity index (χ2n) is 7.91. The van der Waals surface area contributed by atoms with Gasteiger partial charge in [0.2, 0.25) is 5.95 Å². The quantitative estimate of drug-likeness (QED) is 0.482. The molecule has 8 nitrogen and oxygen atoms in total. The van der Waals surface area contributed by atoms with Gasteiger partial charge in [-0.2, -0.15) is 0 Å². The van der Waals surface area contributed by atoms with Crippen LogP contribution in [0.2, 0.25) is 0 Å². The minimum absolute atomic E-state index is 0.0454. The molecule has 3 aromatic carbocycles. The number of amides is 1. The van der Waals surface area contributed by atoms with E-state index in [0.717, 1.165) is 21.5 Å². The molecule has 0 radical (unpaired) electrons. The molecule has 168 valence electrons. The summed E-state index contributed by atoms with van der Waals surface area (Å²) in [7, 11) is 3.17. The molecule has 1 amide bonds. The van der Waals surface area contributed by atoms with Crippen LogP contribution in [0.1, 0.15) is 10.4 Å². The maximum Gasteiger partial charge on any atom is 0.254 e. The third kappa shape index (κ3) is 3.73. The minimum atomic E-state index is -0.0454. The first kappa shape index (κ1) is 20.8. The maximum absolute atomic E-state index is 13.6. The van der Waals surface area contributed by atoms with Gasteiger partial charge in [-0.25, -0.2) is 9.97 Å². The minimum Gasteiger partial charge on any atom is -0.508 e. The van der Waals surface area contributed by atoms with E-state index < -0.39 is 0 Å². The van der Waals surface area contributed by atoms with Crippen molar-refractivity contribution in [2.45, 2.75) is 0 Å². The molecule has 1 N–H and O–H groups in total. The molecule has 0 spiro atoms. The number of carbonyl (C=O) groups excluding carboxylic acids is 1. The topological polar surface area (TPSA) is 88.0 Å². The van der Waals surface area contributed by atoms with Crippen LogP contribution in [0.15, 0.2) is 54.9 Å². The average molecular weight is 444 g/mol. The molecule has 4 aromatic rings. The van der Waals surface area contributed by atoms with E-state index in [-0.39, 0.29) is 11.7 Å². The third-order valence-electron chi connectivity index (χ3n) is 6.07. The number of piperazine rings is 1. The van der Waals surface area contributed by atoms with E-state index >= 15 is 0 Å². The van der Waals surface area contributed by atoms with Crippen LogP contribution in [0, 0.1) is 0 Å². The number of anilines is 1. The van der Waals surface area contributed by atoms with Crippen molar-refractivity contribution in [1.82, 2.24) is 14.9 Å². The molecule has 1 aliphatic heterocycles. The summed E-state index contributed by atoms with van der Waals surface area (Å²) in [6, 6.07) is 12.5. The summed E-state index contributed by atoms with van der Waals surface area (Å²) in [5, 5.41) is 13.4. The predicted molar refractivity (Wildman–Crippen MR) is 126 cm³/mol. The predicted octanol–water partition coefficient (Wildman–Crippen LogP) is 3.47. The molecule has 0 unspecified atom stereocenters. The summed E-state index contributed by atoms with van der Waals surface area (Å²) in [6.45, 7) is 2.46. The number of nitrogens with zero attached hydrogens (tertiary/aromatic N) is 4. The van der Waals surface area contributed by atoms with Crippen molar-refractivity contribution >= 4 is 33.4 Å². The molecule has 0 bridgehead atoms. The first-order valence-corrected chi connectivity index (χ1v) is 10.7. The fourth-order valence-electron chi connectivity index (χ4n) is 4.38. The van der Waals surface area contributed by atoms with Gasteiger partial charge < -0.3 is 24.4 Å². The molecule has 1 fully saturated rings. The van der Waals surface area contributed by atoms with Crippen LogP contribution >= 0.6 is 0 Å². The normalized spacial score (nSPS) is 14.0. The number of fused-ring (bicyclic) bond motifs is 3. The van der Waals surface area contributed by atoms with Crippen molar-refractivity contribution in [2.75, 3.05) is 45.3 Å². The molecule has 1 aliphatic rings. The van der Waals surface area contributed by atoms with Gasteiger partial charge in [0, 0.05) is 44.1 Å². The zero-order valence-corrected chi connectivity index (χ0v) is 18.5. The number of hydrogen-bond donors (Lipinski definition) is 1. The average Bonchev–Trinajstić information content (AvgIpc) is 2.87. The standard InChI is InChI=1S/C25H24N4O4/c1-32-22-13-16-12-21(18-5-4-17(30)14-20(18)19(16)15-23(22)33-2)24(31)28-8-10-29(11-9-28)25-26-6-3-7-27-25/h3-7,12-15,30H,8-11H2,1-2H3. The summed E-state index contributed by atoms with van der Waals surface area (Å²) < 4.78 is 10.9. The highest BCUT2D eigenvalue weighted by molar-refractivity contribution is 6.18. The fourth-order valence-corrected chi connectivity index (χ4v) is 4.38. The second-order valence-corrected chi connectivity index (χ2v) is 7.91. The Balaban J connectivity index is 1.54. The van der Waals surface area contributed by atoms with Gasteiger partial charge in [0.05, 0.1) is 14.2 Å². The molecular weight excluding hydrogens is 420 g/mol. The van der Waals surface area contributed by atoms with Crippen LogP contribution in [-0.2, 0) is 0 Å². The molecule has 8 heteroatoms. The van der Waals surface area contributed by atoms with Gasteiger partial charge in [0.25, 0.3) is 5.91 Å². The number of phenolic OH excluding ortho intramolecular Hbond substituents is 1. The maximum atomic E-state index is 13.6. The van der Waals surface area contributed by atoms with Gasteiger partial charge >= 0.3 is 0 Å². The van der Waals surface area contributed by atoms with E-state index in [1.807, 2.05) is 23.1 Å². The van der Waals surface area contributed by atoms with Crippen molar-refractivity contribution in [3.63, 3.8) is 0 Å². The SMILES string of the molecule is COc1cc2cc(C(=O)N3CCN(c4ncccn4)CC3)c3ccc(O)cc3c2cc1OC. The number of rotatable bonds is 4. The first-order chi connectivity index (χ1) is 16.1. The Kier molecular flexibility index (Phi) is 5.34. The summed E-state index contributed by atoms with van der Waals surface area (Å²) in [5.74, 6) is 1.94. The monoisotopic (exact) mass is 444 g/mol. The largest absolute Gasteiger partial charge is 0.508 e. The number of hydrogen-bond acceptors (Lipinski definition) is 7. The Morgan fingerprint density at radius 1 is 0.879 bits per heavy atom. The van der Waals surface area contributed by atoms with Crippen LogP contribution in [0.4, 0.5) is 5.95 Å². The van der Waals surface area contributed by atoms with Crippen LogP contribution in [0.25, 0.3) is 21.5 Å². The van der Waals surface area contributed by atoms with Crippen molar-refractivity contribution in [3.8, 4) is 17.2 Å². The Labute approximate surface area is 191 Å². The zero-order valence-electron chi connectivity index (χ0n) is 18.5. The fraction of sp³-hybridized carbons (Fsp3) is 0.240. The Hall–Kier alpha value is -4.07. The van der Waals surface area contributed by atoms with Crippen LogP contribution in [-0.4, -0.2) is 66.3 Å². The van der Waals surface area contributed by atoms with Crippen molar-refractivity contribution in [2.24, 2.45) is 0 Å². The van der Waals surface area contributed by atoms with Gasteiger partial charge in [-0.15, -0.1) is 0 Å². The lowest BCUT2D eigenvalue weighted by Gasteiger charge is -2.35. The lowest BCUT2D eigenvalue weighted by molar-refractivity contribution is 0.0748. The number of carbonyl (C=O) groups is 1. The summed E-state index contributed by atoms with van der Waals surface area (Å²) in [6.07, 6.45) is 3.44. The van der Waals surface area contributed by atoms with Crippen LogP contribution in [0.3, 0.4) is 0 Å².